The van der Waals surface area contributed by atoms with Crippen molar-refractivity contribution in [2.45, 2.75) is 6.92 Å². The molecule has 0 bridgehead atoms. The lowest BCUT2D eigenvalue weighted by molar-refractivity contribution is -0.119. The molecule has 0 fully saturated rings. The number of pyridine rings is 1. The van der Waals surface area contributed by atoms with Gasteiger partial charge in [-0.3, -0.25) is 9.78 Å². The van der Waals surface area contributed by atoms with Crippen LogP contribution in [-0.2, 0) is 4.79 Å². The van der Waals surface area contributed by atoms with Gasteiger partial charge < -0.3 is 16.0 Å². The van der Waals surface area contributed by atoms with Gasteiger partial charge in [-0.2, -0.15) is 0 Å². The zero-order chi connectivity index (χ0) is 13.8. The van der Waals surface area contributed by atoms with Gasteiger partial charge in [0.2, 0.25) is 5.91 Å². The van der Waals surface area contributed by atoms with Crippen LogP contribution in [0.1, 0.15) is 6.92 Å². The molecule has 0 aliphatic rings. The maximum absolute atomic E-state index is 11.6. The highest BCUT2D eigenvalue weighted by Crippen LogP contribution is 2.30. The van der Waals surface area contributed by atoms with Crippen molar-refractivity contribution < 1.29 is 4.79 Å². The van der Waals surface area contributed by atoms with Gasteiger partial charge in [0.1, 0.15) is 0 Å². The van der Waals surface area contributed by atoms with Crippen LogP contribution in [0, 0.1) is 0 Å². The lowest BCUT2D eigenvalue weighted by Crippen LogP contribution is -2.36. The van der Waals surface area contributed by atoms with E-state index < -0.39 is 0 Å². The Morgan fingerprint density at radius 1 is 1.42 bits per heavy atom. The molecule has 0 spiro atoms. The van der Waals surface area contributed by atoms with E-state index in [1.165, 1.54) is 0 Å². The van der Waals surface area contributed by atoms with E-state index in [2.05, 4.69) is 10.3 Å². The van der Waals surface area contributed by atoms with Crippen LogP contribution in [0.25, 0.3) is 10.9 Å². The van der Waals surface area contributed by atoms with Crippen LogP contribution >= 0.6 is 0 Å². The minimum atomic E-state index is -0.0397. The first-order valence-electron chi connectivity index (χ1n) is 6.26. The Labute approximate surface area is 112 Å². The highest BCUT2D eigenvalue weighted by atomic mass is 16.1. The molecule has 5 heteroatoms. The normalized spacial score (nSPS) is 10.4. The van der Waals surface area contributed by atoms with Crippen molar-refractivity contribution in [2.75, 3.05) is 30.8 Å². The molecule has 2 aromatic rings. The highest BCUT2D eigenvalue weighted by molar-refractivity contribution is 5.98. The standard InChI is InChI=1S/C14H18N4O/c1-3-18(9-13(19)16-2)14-10-6-4-5-7-12(10)17-8-11(14)15/h4-8H,3,9,15H2,1-2H3,(H,16,19). The van der Waals surface area contributed by atoms with Crippen molar-refractivity contribution in [1.29, 1.82) is 0 Å². The number of hydrogen-bond acceptors (Lipinski definition) is 4. The molecule has 100 valence electrons. The number of nitrogens with two attached hydrogens (primary N) is 1. The van der Waals surface area contributed by atoms with E-state index in [1.54, 1.807) is 13.2 Å². The fourth-order valence-corrected chi connectivity index (χ4v) is 2.10. The molecule has 5 nitrogen and oxygen atoms in total. The predicted octanol–water partition coefficient (Wildman–Crippen LogP) is 1.39. The number of fused-ring (bicyclic) bond motifs is 1. The van der Waals surface area contributed by atoms with Crippen molar-refractivity contribution in [1.82, 2.24) is 10.3 Å². The van der Waals surface area contributed by atoms with E-state index in [-0.39, 0.29) is 12.5 Å². The van der Waals surface area contributed by atoms with Gasteiger partial charge in [0, 0.05) is 19.0 Å². The van der Waals surface area contributed by atoms with Crippen molar-refractivity contribution in [3.8, 4) is 0 Å². The molecule has 3 N–H and O–H groups in total. The van der Waals surface area contributed by atoms with E-state index in [0.29, 0.717) is 12.2 Å². The fraction of sp³-hybridized carbons (Fsp3) is 0.286. The largest absolute Gasteiger partial charge is 0.396 e. The second-order valence-corrected chi connectivity index (χ2v) is 4.27. The molecule has 0 unspecified atom stereocenters. The SMILES string of the molecule is CCN(CC(=O)NC)c1c(N)cnc2ccccc12. The van der Waals surface area contributed by atoms with Crippen LogP contribution in [-0.4, -0.2) is 31.0 Å². The number of para-hydroxylation sites is 1. The van der Waals surface area contributed by atoms with Crippen LogP contribution in [0.3, 0.4) is 0 Å². The monoisotopic (exact) mass is 258 g/mol. The van der Waals surface area contributed by atoms with Gasteiger partial charge in [0.05, 0.1) is 29.6 Å². The number of carbonyl (C=O) groups is 1. The Kier molecular flexibility index (Phi) is 3.85. The molecule has 0 atom stereocenters. The lowest BCUT2D eigenvalue weighted by atomic mass is 10.1. The number of benzene rings is 1. The number of rotatable bonds is 4. The summed E-state index contributed by atoms with van der Waals surface area (Å²) in [5.41, 5.74) is 8.38. The molecule has 0 saturated heterocycles. The molecular weight excluding hydrogens is 240 g/mol. The Morgan fingerprint density at radius 3 is 2.84 bits per heavy atom. The second kappa shape index (κ2) is 5.56. The summed E-state index contributed by atoms with van der Waals surface area (Å²) in [6.45, 7) is 2.98. The lowest BCUT2D eigenvalue weighted by Gasteiger charge is -2.25. The Balaban J connectivity index is 2.52. The van der Waals surface area contributed by atoms with E-state index >= 15 is 0 Å². The fourth-order valence-electron chi connectivity index (χ4n) is 2.10. The minimum absolute atomic E-state index is 0.0397. The summed E-state index contributed by atoms with van der Waals surface area (Å²) in [7, 11) is 1.63. The average Bonchev–Trinajstić information content (AvgIpc) is 2.45. The highest BCUT2D eigenvalue weighted by Gasteiger charge is 2.15. The number of aromatic nitrogens is 1. The Bertz CT molecular complexity index is 597. The molecule has 0 saturated carbocycles. The number of nitrogens with zero attached hydrogens (tertiary/aromatic N) is 2. The minimum Gasteiger partial charge on any atom is -0.396 e. The van der Waals surface area contributed by atoms with Crippen LogP contribution in [0.15, 0.2) is 30.5 Å². The van der Waals surface area contributed by atoms with Crippen molar-refractivity contribution in [3.63, 3.8) is 0 Å². The summed E-state index contributed by atoms with van der Waals surface area (Å²) >= 11 is 0. The van der Waals surface area contributed by atoms with Gasteiger partial charge in [-0.1, -0.05) is 18.2 Å². The van der Waals surface area contributed by atoms with Crippen molar-refractivity contribution in [2.24, 2.45) is 0 Å². The third-order valence-electron chi connectivity index (χ3n) is 3.09. The number of nitrogen functional groups attached to an aromatic ring is 1. The maximum atomic E-state index is 11.6. The van der Waals surface area contributed by atoms with Crippen molar-refractivity contribution >= 4 is 28.2 Å². The van der Waals surface area contributed by atoms with Gasteiger partial charge in [0.25, 0.3) is 0 Å². The Morgan fingerprint density at radius 2 is 2.16 bits per heavy atom. The van der Waals surface area contributed by atoms with E-state index in [4.69, 9.17) is 5.73 Å². The first-order valence-corrected chi connectivity index (χ1v) is 6.26. The van der Waals surface area contributed by atoms with Crippen LogP contribution in [0.4, 0.5) is 11.4 Å². The van der Waals surface area contributed by atoms with E-state index in [9.17, 15) is 4.79 Å². The van der Waals surface area contributed by atoms with Gasteiger partial charge in [-0.25, -0.2) is 0 Å². The summed E-state index contributed by atoms with van der Waals surface area (Å²) in [6.07, 6.45) is 1.64. The molecule has 0 radical (unpaired) electrons. The van der Waals surface area contributed by atoms with Crippen LogP contribution in [0.2, 0.25) is 0 Å². The average molecular weight is 258 g/mol. The summed E-state index contributed by atoms with van der Waals surface area (Å²) in [6, 6.07) is 7.79. The molecule has 0 aliphatic carbocycles. The molecule has 1 aromatic heterocycles. The van der Waals surface area contributed by atoms with E-state index in [1.807, 2.05) is 36.1 Å². The first-order chi connectivity index (χ1) is 9.17. The van der Waals surface area contributed by atoms with Gasteiger partial charge in [0.15, 0.2) is 0 Å². The quantitative estimate of drug-likeness (QED) is 0.869. The maximum Gasteiger partial charge on any atom is 0.239 e. The Hall–Kier alpha value is -2.30. The van der Waals surface area contributed by atoms with Gasteiger partial charge in [-0.15, -0.1) is 0 Å². The number of nitrogens with one attached hydrogen (secondary N) is 1. The van der Waals surface area contributed by atoms with E-state index in [0.717, 1.165) is 16.6 Å². The summed E-state index contributed by atoms with van der Waals surface area (Å²) < 4.78 is 0. The third-order valence-corrected chi connectivity index (χ3v) is 3.09. The summed E-state index contributed by atoms with van der Waals surface area (Å²) in [5.74, 6) is -0.0397. The first kappa shape index (κ1) is 13.1. The molecule has 1 amide bonds. The molecule has 1 aromatic carbocycles. The van der Waals surface area contributed by atoms with Crippen LogP contribution in [0.5, 0.6) is 0 Å². The predicted molar refractivity (Wildman–Crippen MR) is 78.1 cm³/mol. The second-order valence-electron chi connectivity index (χ2n) is 4.27. The summed E-state index contributed by atoms with van der Waals surface area (Å²) in [5, 5.41) is 3.60. The molecule has 1 heterocycles. The molecule has 2 rings (SSSR count). The smallest absolute Gasteiger partial charge is 0.239 e. The number of amides is 1. The molecule has 0 aliphatic heterocycles. The third kappa shape index (κ3) is 2.59. The topological polar surface area (TPSA) is 71.2 Å². The zero-order valence-electron chi connectivity index (χ0n) is 11.2. The number of carbonyl (C=O) groups excluding carboxylic acids is 1. The number of anilines is 2. The van der Waals surface area contributed by atoms with Crippen molar-refractivity contribution in [3.05, 3.63) is 30.5 Å². The molecule has 19 heavy (non-hydrogen) atoms. The number of likely N-dealkylation sites (N-methyl/N-ethyl adjacent to an activating group) is 2. The van der Waals surface area contributed by atoms with Crippen LogP contribution < -0.4 is 16.0 Å². The zero-order valence-corrected chi connectivity index (χ0v) is 11.2. The number of hydrogen-bond donors (Lipinski definition) is 2. The van der Waals surface area contributed by atoms with Gasteiger partial charge >= 0.3 is 0 Å². The molecular formula is C14H18N4O. The van der Waals surface area contributed by atoms with Gasteiger partial charge in [-0.05, 0) is 13.0 Å². The summed E-state index contributed by atoms with van der Waals surface area (Å²) in [4.78, 5) is 17.9.